The number of hydrogen-bond donors (Lipinski definition) is 3. The first-order valence-corrected chi connectivity index (χ1v) is 28.7. The molecule has 0 spiro atoms. The van der Waals surface area contributed by atoms with Crippen LogP contribution in [0.25, 0.3) is 0 Å². The SMILES string of the molecule is CCCCC/C=C\C/C=C\CCCCCCCCCCCC(=O)OC(CCC/C=C\CCCCCCCCC)CC(=O)NC(CO)C(O)CCCCCCCCCCCCCCCCC. The average molecular weight is 915 g/mol. The molecule has 0 radical (unpaired) electrons. The van der Waals surface area contributed by atoms with Gasteiger partial charge in [-0.15, -0.1) is 0 Å². The molecule has 0 aromatic rings. The molecule has 3 unspecified atom stereocenters. The van der Waals surface area contributed by atoms with E-state index in [1.165, 1.54) is 193 Å². The quantitative estimate of drug-likeness (QED) is 0.0321. The number of nitrogens with one attached hydrogen (secondary N) is 1. The molecule has 0 bridgehead atoms. The molecule has 0 aromatic heterocycles. The number of carbonyl (C=O) groups is 2. The van der Waals surface area contributed by atoms with E-state index in [1.54, 1.807) is 0 Å². The molecule has 6 heteroatoms. The minimum atomic E-state index is -0.793. The molecule has 0 aliphatic rings. The fourth-order valence-electron chi connectivity index (χ4n) is 8.82. The molecule has 0 heterocycles. The van der Waals surface area contributed by atoms with Crippen molar-refractivity contribution >= 4 is 11.9 Å². The van der Waals surface area contributed by atoms with Crippen LogP contribution < -0.4 is 5.32 Å². The third-order valence-electron chi connectivity index (χ3n) is 13.2. The van der Waals surface area contributed by atoms with Gasteiger partial charge in [-0.05, 0) is 77.0 Å². The fraction of sp³-hybridized carbons (Fsp3) is 0.864. The predicted octanol–water partition coefficient (Wildman–Crippen LogP) is 17.6. The minimum absolute atomic E-state index is 0.0580. The first kappa shape index (κ1) is 63.1. The molecule has 0 saturated heterocycles. The van der Waals surface area contributed by atoms with Crippen molar-refractivity contribution in [2.75, 3.05) is 6.61 Å². The molecule has 3 atom stereocenters. The van der Waals surface area contributed by atoms with Gasteiger partial charge in [0.15, 0.2) is 0 Å². The number of unbranched alkanes of at least 4 members (excludes halogenated alkanes) is 34. The van der Waals surface area contributed by atoms with Crippen LogP contribution in [0.5, 0.6) is 0 Å². The maximum atomic E-state index is 13.2. The maximum absolute atomic E-state index is 13.2. The second-order valence-electron chi connectivity index (χ2n) is 19.7. The van der Waals surface area contributed by atoms with Gasteiger partial charge < -0.3 is 20.3 Å². The van der Waals surface area contributed by atoms with Crippen LogP contribution in [0.4, 0.5) is 0 Å². The van der Waals surface area contributed by atoms with Crippen molar-refractivity contribution in [1.29, 1.82) is 0 Å². The van der Waals surface area contributed by atoms with Crippen LogP contribution in [0.2, 0.25) is 0 Å². The summed E-state index contributed by atoms with van der Waals surface area (Å²) in [6.07, 6.45) is 63.6. The Hall–Kier alpha value is -1.92. The molecule has 0 aliphatic heterocycles. The Kier molecular flexibility index (Phi) is 51.5. The van der Waals surface area contributed by atoms with Crippen molar-refractivity contribution in [1.82, 2.24) is 5.32 Å². The van der Waals surface area contributed by atoms with E-state index in [0.717, 1.165) is 64.2 Å². The molecule has 0 rings (SSSR count). The van der Waals surface area contributed by atoms with Gasteiger partial charge in [-0.25, -0.2) is 0 Å². The number of ether oxygens (including phenoxy) is 1. The molecule has 0 fully saturated rings. The van der Waals surface area contributed by atoms with Gasteiger partial charge in [0, 0.05) is 6.42 Å². The Labute approximate surface area is 404 Å². The number of hydrogen-bond acceptors (Lipinski definition) is 5. The van der Waals surface area contributed by atoms with Crippen LogP contribution in [0.15, 0.2) is 36.5 Å². The van der Waals surface area contributed by atoms with E-state index < -0.39 is 18.2 Å². The van der Waals surface area contributed by atoms with Crippen molar-refractivity contribution in [3.8, 4) is 0 Å². The first-order valence-electron chi connectivity index (χ1n) is 28.7. The highest BCUT2D eigenvalue weighted by atomic mass is 16.5. The summed E-state index contributed by atoms with van der Waals surface area (Å²) in [5.41, 5.74) is 0. The lowest BCUT2D eigenvalue weighted by molar-refractivity contribution is -0.151. The lowest BCUT2D eigenvalue weighted by Gasteiger charge is -2.24. The van der Waals surface area contributed by atoms with Crippen LogP contribution in [-0.4, -0.2) is 46.9 Å². The van der Waals surface area contributed by atoms with E-state index in [1.807, 2.05) is 0 Å². The molecule has 0 aliphatic carbocycles. The molecule has 6 nitrogen and oxygen atoms in total. The van der Waals surface area contributed by atoms with Gasteiger partial charge >= 0.3 is 5.97 Å². The molecule has 0 saturated carbocycles. The minimum Gasteiger partial charge on any atom is -0.462 e. The summed E-state index contributed by atoms with van der Waals surface area (Å²) < 4.78 is 5.94. The fourth-order valence-corrected chi connectivity index (χ4v) is 8.82. The van der Waals surface area contributed by atoms with E-state index in [4.69, 9.17) is 4.74 Å². The van der Waals surface area contributed by atoms with Gasteiger partial charge in [0.25, 0.3) is 0 Å². The summed E-state index contributed by atoms with van der Waals surface area (Å²) in [4.78, 5) is 26.2. The van der Waals surface area contributed by atoms with Gasteiger partial charge in [0.05, 0.1) is 25.2 Å². The predicted molar refractivity (Wildman–Crippen MR) is 282 cm³/mol. The molecular weight excluding hydrogens is 803 g/mol. The van der Waals surface area contributed by atoms with E-state index in [9.17, 15) is 19.8 Å². The number of carbonyl (C=O) groups excluding carboxylic acids is 2. The largest absolute Gasteiger partial charge is 0.462 e. The van der Waals surface area contributed by atoms with E-state index >= 15 is 0 Å². The lowest BCUT2D eigenvalue weighted by atomic mass is 10.0. The van der Waals surface area contributed by atoms with E-state index in [0.29, 0.717) is 19.3 Å². The summed E-state index contributed by atoms with van der Waals surface area (Å²) in [5.74, 6) is -0.495. The third-order valence-corrected chi connectivity index (χ3v) is 13.2. The number of rotatable bonds is 52. The Morgan fingerprint density at radius 3 is 1.25 bits per heavy atom. The Morgan fingerprint density at radius 1 is 0.446 bits per heavy atom. The zero-order valence-electron chi connectivity index (χ0n) is 43.6. The zero-order valence-corrected chi connectivity index (χ0v) is 43.6. The number of amides is 1. The van der Waals surface area contributed by atoms with Crippen molar-refractivity contribution in [3.63, 3.8) is 0 Å². The Morgan fingerprint density at radius 2 is 0.800 bits per heavy atom. The highest BCUT2D eigenvalue weighted by Gasteiger charge is 2.24. The van der Waals surface area contributed by atoms with Crippen molar-refractivity contribution in [2.45, 2.75) is 322 Å². The smallest absolute Gasteiger partial charge is 0.306 e. The third kappa shape index (κ3) is 48.3. The van der Waals surface area contributed by atoms with Crippen molar-refractivity contribution in [2.24, 2.45) is 0 Å². The van der Waals surface area contributed by atoms with Crippen LogP contribution in [0, 0.1) is 0 Å². The molecule has 382 valence electrons. The van der Waals surface area contributed by atoms with E-state index in [2.05, 4.69) is 62.5 Å². The second-order valence-corrected chi connectivity index (χ2v) is 19.7. The van der Waals surface area contributed by atoms with Crippen molar-refractivity contribution < 1.29 is 24.5 Å². The van der Waals surface area contributed by atoms with Gasteiger partial charge in [0.2, 0.25) is 5.91 Å². The van der Waals surface area contributed by atoms with Gasteiger partial charge in [-0.1, -0.05) is 250 Å². The Bertz CT molecular complexity index is 1070. The maximum Gasteiger partial charge on any atom is 0.306 e. The number of aliphatic hydroxyl groups excluding tert-OH is 2. The topological polar surface area (TPSA) is 95.9 Å². The monoisotopic (exact) mass is 914 g/mol. The lowest BCUT2D eigenvalue weighted by Crippen LogP contribution is -2.46. The summed E-state index contributed by atoms with van der Waals surface area (Å²) in [5, 5.41) is 23.8. The highest BCUT2D eigenvalue weighted by molar-refractivity contribution is 5.77. The molecule has 1 amide bonds. The standard InChI is InChI=1S/C59H111NO5/c1-4-7-10-13-16-19-22-25-27-28-29-30-32-34-37-40-43-46-49-52-59(64)65-55(50-47-44-41-38-35-24-21-18-15-12-9-6-3)53-58(63)60-56(54-61)57(62)51-48-45-42-39-36-33-31-26-23-20-17-14-11-8-5-2/h16,19,25,27,38,41,55-57,61-62H,4-15,17-18,20-24,26,28-37,39-40,42-54H2,1-3H3,(H,60,63)/b19-16-,27-25-,41-38-. The van der Waals surface area contributed by atoms with Crippen LogP contribution >= 0.6 is 0 Å². The summed E-state index contributed by atoms with van der Waals surface area (Å²) >= 11 is 0. The average Bonchev–Trinajstić information content (AvgIpc) is 3.30. The molecular formula is C59H111NO5. The summed E-state index contributed by atoms with van der Waals surface area (Å²) in [6, 6.07) is -0.709. The molecule has 3 N–H and O–H groups in total. The van der Waals surface area contributed by atoms with E-state index in [-0.39, 0.29) is 24.9 Å². The Balaban J connectivity index is 4.49. The van der Waals surface area contributed by atoms with Crippen LogP contribution in [-0.2, 0) is 14.3 Å². The van der Waals surface area contributed by atoms with Crippen LogP contribution in [0.3, 0.4) is 0 Å². The van der Waals surface area contributed by atoms with Crippen LogP contribution in [0.1, 0.15) is 303 Å². The summed E-state index contributed by atoms with van der Waals surface area (Å²) in [6.45, 7) is 6.47. The molecule has 0 aromatic carbocycles. The number of allylic oxidation sites excluding steroid dienone is 6. The second kappa shape index (κ2) is 53.0. The number of esters is 1. The normalized spacial score (nSPS) is 13.4. The van der Waals surface area contributed by atoms with Crippen molar-refractivity contribution in [3.05, 3.63) is 36.5 Å². The molecule has 65 heavy (non-hydrogen) atoms. The zero-order chi connectivity index (χ0) is 47.4. The van der Waals surface area contributed by atoms with Gasteiger partial charge in [0.1, 0.15) is 6.10 Å². The van der Waals surface area contributed by atoms with Gasteiger partial charge in [-0.3, -0.25) is 9.59 Å². The number of aliphatic hydroxyl groups is 2. The highest BCUT2D eigenvalue weighted by Crippen LogP contribution is 2.18. The summed E-state index contributed by atoms with van der Waals surface area (Å²) in [7, 11) is 0. The first-order chi connectivity index (χ1) is 32.0. The van der Waals surface area contributed by atoms with Gasteiger partial charge in [-0.2, -0.15) is 0 Å².